The number of anilines is 1. The molecule has 172 valence electrons. The summed E-state index contributed by atoms with van der Waals surface area (Å²) in [6.07, 6.45) is 2.07. The molecule has 0 unspecified atom stereocenters. The molecule has 0 bridgehead atoms. The predicted octanol–water partition coefficient (Wildman–Crippen LogP) is 1.76. The van der Waals surface area contributed by atoms with Gasteiger partial charge in [-0.1, -0.05) is 18.2 Å². The number of carbonyl (C=O) groups is 2. The Morgan fingerprint density at radius 1 is 1.22 bits per heavy atom. The summed E-state index contributed by atoms with van der Waals surface area (Å²) >= 11 is 1.32. The number of hydrogen-bond acceptors (Lipinski definition) is 7. The Labute approximate surface area is 190 Å². The Balaban J connectivity index is 1.30. The molecule has 2 aliphatic rings. The van der Waals surface area contributed by atoms with Gasteiger partial charge in [-0.3, -0.25) is 14.5 Å². The highest BCUT2D eigenvalue weighted by atomic mass is 32.1. The first-order chi connectivity index (χ1) is 15.4. The molecule has 3 heterocycles. The average Bonchev–Trinajstić information content (AvgIpc) is 3.22. The number of halogens is 1. The number of amides is 2. The van der Waals surface area contributed by atoms with Gasteiger partial charge < -0.3 is 19.7 Å². The van der Waals surface area contributed by atoms with E-state index in [1.54, 1.807) is 36.2 Å². The molecule has 2 fully saturated rings. The maximum atomic E-state index is 13.9. The van der Waals surface area contributed by atoms with Crippen LogP contribution in [0, 0.1) is 5.82 Å². The molecule has 8 nitrogen and oxygen atoms in total. The predicted molar refractivity (Wildman–Crippen MR) is 118 cm³/mol. The first-order valence-corrected chi connectivity index (χ1v) is 11.5. The molecule has 0 saturated carbocycles. The summed E-state index contributed by atoms with van der Waals surface area (Å²) in [7, 11) is 0. The van der Waals surface area contributed by atoms with E-state index in [0.717, 1.165) is 4.88 Å². The van der Waals surface area contributed by atoms with Crippen molar-refractivity contribution in [2.45, 2.75) is 18.9 Å². The number of morpholine rings is 2. The van der Waals surface area contributed by atoms with Crippen LogP contribution in [0.3, 0.4) is 0 Å². The summed E-state index contributed by atoms with van der Waals surface area (Å²) in [5.74, 6) is -0.531. The van der Waals surface area contributed by atoms with E-state index in [1.807, 2.05) is 4.90 Å². The first-order valence-electron chi connectivity index (χ1n) is 10.6. The fourth-order valence-corrected chi connectivity index (χ4v) is 4.81. The molecule has 1 N–H and O–H groups in total. The number of hydrogen-bond donors (Lipinski definition) is 1. The number of aromatic nitrogens is 1. The largest absolute Gasteiger partial charge is 0.378 e. The number of thiazole rings is 1. The Bertz CT molecular complexity index is 965. The van der Waals surface area contributed by atoms with Crippen molar-refractivity contribution in [3.63, 3.8) is 0 Å². The van der Waals surface area contributed by atoms with Gasteiger partial charge in [-0.15, -0.1) is 11.3 Å². The first kappa shape index (κ1) is 22.8. The van der Waals surface area contributed by atoms with Gasteiger partial charge >= 0.3 is 0 Å². The van der Waals surface area contributed by atoms with Crippen molar-refractivity contribution in [3.05, 3.63) is 46.7 Å². The SMILES string of the molecule is C[C@@]1(C(=O)N2CCOCC2)CN(CC(=O)Nc2ncc(Cc3ccccc3F)s2)CCO1. The van der Waals surface area contributed by atoms with Gasteiger partial charge in [-0.2, -0.15) is 0 Å². The maximum Gasteiger partial charge on any atom is 0.256 e. The number of rotatable bonds is 6. The minimum absolute atomic E-state index is 0.0661. The quantitative estimate of drug-likeness (QED) is 0.705. The molecule has 1 aromatic heterocycles. The van der Waals surface area contributed by atoms with E-state index in [9.17, 15) is 14.0 Å². The zero-order valence-corrected chi connectivity index (χ0v) is 18.8. The second-order valence-corrected chi connectivity index (χ2v) is 9.26. The third-order valence-electron chi connectivity index (χ3n) is 5.59. The molecule has 1 atom stereocenters. The zero-order chi connectivity index (χ0) is 22.6. The lowest BCUT2D eigenvalue weighted by Gasteiger charge is -2.42. The summed E-state index contributed by atoms with van der Waals surface area (Å²) in [6.45, 7) is 5.37. The Kier molecular flexibility index (Phi) is 7.14. The van der Waals surface area contributed by atoms with Crippen molar-refractivity contribution in [2.75, 3.05) is 57.9 Å². The monoisotopic (exact) mass is 462 g/mol. The number of ether oxygens (including phenoxy) is 2. The molecule has 0 radical (unpaired) electrons. The van der Waals surface area contributed by atoms with Crippen molar-refractivity contribution >= 4 is 28.3 Å². The molecule has 32 heavy (non-hydrogen) atoms. The third-order valence-corrected chi connectivity index (χ3v) is 6.51. The van der Waals surface area contributed by atoms with Crippen LogP contribution in [0.4, 0.5) is 9.52 Å². The normalized spacial score (nSPS) is 22.0. The number of nitrogens with zero attached hydrogens (tertiary/aromatic N) is 3. The summed E-state index contributed by atoms with van der Waals surface area (Å²) in [4.78, 5) is 34.3. The second-order valence-electron chi connectivity index (χ2n) is 8.14. The summed E-state index contributed by atoms with van der Waals surface area (Å²) < 4.78 is 25.0. The van der Waals surface area contributed by atoms with E-state index >= 15 is 0 Å². The van der Waals surface area contributed by atoms with Gasteiger partial charge in [0.2, 0.25) is 5.91 Å². The van der Waals surface area contributed by atoms with E-state index in [-0.39, 0.29) is 24.2 Å². The van der Waals surface area contributed by atoms with E-state index in [2.05, 4.69) is 10.3 Å². The fraction of sp³-hybridized carbons (Fsp3) is 0.500. The third kappa shape index (κ3) is 5.50. The van der Waals surface area contributed by atoms with Crippen LogP contribution in [0.5, 0.6) is 0 Å². The lowest BCUT2D eigenvalue weighted by molar-refractivity contribution is -0.171. The van der Waals surface area contributed by atoms with E-state index in [1.165, 1.54) is 17.4 Å². The molecular formula is C22H27FN4O4S. The summed E-state index contributed by atoms with van der Waals surface area (Å²) in [5, 5.41) is 3.28. The van der Waals surface area contributed by atoms with E-state index < -0.39 is 5.60 Å². The van der Waals surface area contributed by atoms with Crippen molar-refractivity contribution in [3.8, 4) is 0 Å². The van der Waals surface area contributed by atoms with E-state index in [4.69, 9.17) is 9.47 Å². The van der Waals surface area contributed by atoms with Gasteiger partial charge in [0.05, 0.1) is 26.4 Å². The highest BCUT2D eigenvalue weighted by molar-refractivity contribution is 7.15. The lowest BCUT2D eigenvalue weighted by atomic mass is 10.0. The van der Waals surface area contributed by atoms with Crippen LogP contribution in [-0.2, 0) is 25.5 Å². The van der Waals surface area contributed by atoms with Crippen LogP contribution in [-0.4, -0.2) is 84.7 Å². The summed E-state index contributed by atoms with van der Waals surface area (Å²) in [6, 6.07) is 6.62. The number of benzene rings is 1. The molecule has 1 aromatic carbocycles. The van der Waals surface area contributed by atoms with Crippen LogP contribution in [0.15, 0.2) is 30.5 Å². The average molecular weight is 463 g/mol. The van der Waals surface area contributed by atoms with Gasteiger partial charge in [0, 0.05) is 43.7 Å². The minimum atomic E-state index is -0.982. The Morgan fingerprint density at radius 3 is 2.78 bits per heavy atom. The molecule has 2 saturated heterocycles. The van der Waals surface area contributed by atoms with Crippen LogP contribution in [0.25, 0.3) is 0 Å². The minimum Gasteiger partial charge on any atom is -0.378 e. The van der Waals surface area contributed by atoms with Crippen molar-refractivity contribution < 1.29 is 23.5 Å². The van der Waals surface area contributed by atoms with Gasteiger partial charge in [0.1, 0.15) is 5.82 Å². The van der Waals surface area contributed by atoms with Crippen molar-refractivity contribution in [2.24, 2.45) is 0 Å². The van der Waals surface area contributed by atoms with Crippen LogP contribution < -0.4 is 5.32 Å². The van der Waals surface area contributed by atoms with Crippen LogP contribution >= 0.6 is 11.3 Å². The second kappa shape index (κ2) is 10.0. The standard InChI is InChI=1S/C22H27FN4O4S/c1-22(20(29)27-7-9-30-10-8-27)15-26(6-11-31-22)14-19(28)25-21-24-13-17(32-21)12-16-4-2-3-5-18(16)23/h2-5,13H,6-12,14-15H2,1H3,(H,24,25,28)/t22-/m0/s1. The zero-order valence-electron chi connectivity index (χ0n) is 18.0. The Morgan fingerprint density at radius 2 is 2.00 bits per heavy atom. The summed E-state index contributed by atoms with van der Waals surface area (Å²) in [5.41, 5.74) is -0.393. The molecule has 0 aliphatic carbocycles. The topological polar surface area (TPSA) is 84.0 Å². The molecule has 4 rings (SSSR count). The van der Waals surface area contributed by atoms with E-state index in [0.29, 0.717) is 63.1 Å². The highest BCUT2D eigenvalue weighted by Gasteiger charge is 2.42. The molecule has 2 aliphatic heterocycles. The van der Waals surface area contributed by atoms with Crippen LogP contribution in [0.1, 0.15) is 17.4 Å². The lowest BCUT2D eigenvalue weighted by Crippen LogP contribution is -2.61. The maximum absolute atomic E-state index is 13.9. The fourth-order valence-electron chi connectivity index (χ4n) is 3.96. The molecule has 2 amide bonds. The van der Waals surface area contributed by atoms with Gasteiger partial charge in [-0.05, 0) is 18.6 Å². The highest BCUT2D eigenvalue weighted by Crippen LogP contribution is 2.24. The van der Waals surface area contributed by atoms with Gasteiger partial charge in [0.25, 0.3) is 5.91 Å². The molecule has 10 heteroatoms. The van der Waals surface area contributed by atoms with Gasteiger partial charge in [-0.25, -0.2) is 9.37 Å². The van der Waals surface area contributed by atoms with Crippen molar-refractivity contribution in [1.82, 2.24) is 14.8 Å². The number of carbonyl (C=O) groups excluding carboxylic acids is 2. The van der Waals surface area contributed by atoms with Crippen molar-refractivity contribution in [1.29, 1.82) is 0 Å². The molecule has 0 spiro atoms. The smallest absolute Gasteiger partial charge is 0.256 e. The van der Waals surface area contributed by atoms with Crippen LogP contribution in [0.2, 0.25) is 0 Å². The Hall–Kier alpha value is -2.40. The van der Waals surface area contributed by atoms with Gasteiger partial charge in [0.15, 0.2) is 10.7 Å². The number of nitrogens with one attached hydrogen (secondary N) is 1. The molecular weight excluding hydrogens is 435 g/mol. The molecule has 2 aromatic rings.